The lowest BCUT2D eigenvalue weighted by atomic mass is 9.96. The monoisotopic (exact) mass is 380 g/mol. The van der Waals surface area contributed by atoms with Crippen LogP contribution in [0.1, 0.15) is 36.0 Å². The zero-order valence-corrected chi connectivity index (χ0v) is 15.5. The summed E-state index contributed by atoms with van der Waals surface area (Å²) in [6.07, 6.45) is 2.83. The van der Waals surface area contributed by atoms with Gasteiger partial charge in [-0.25, -0.2) is 0 Å². The average Bonchev–Trinajstić information content (AvgIpc) is 3.20. The first-order valence-electron chi connectivity index (χ1n) is 9.18. The van der Waals surface area contributed by atoms with Crippen LogP contribution in [0.5, 0.6) is 0 Å². The van der Waals surface area contributed by atoms with Crippen molar-refractivity contribution in [2.75, 3.05) is 32.8 Å². The van der Waals surface area contributed by atoms with E-state index in [4.69, 9.17) is 21.1 Å². The second-order valence-electron chi connectivity index (χ2n) is 6.69. The minimum atomic E-state index is -0.147. The summed E-state index contributed by atoms with van der Waals surface area (Å²) >= 11 is 5.81. The van der Waals surface area contributed by atoms with Crippen LogP contribution in [0, 0.1) is 5.92 Å². The van der Waals surface area contributed by atoms with Gasteiger partial charge in [0, 0.05) is 42.6 Å². The largest absolute Gasteiger partial charge is 0.352 e. The second-order valence-corrected chi connectivity index (χ2v) is 7.13. The number of likely N-dealkylation sites (tertiary alicyclic amines) is 1. The van der Waals surface area contributed by atoms with Gasteiger partial charge in [0.2, 0.25) is 5.91 Å². The molecule has 0 aliphatic carbocycles. The molecule has 142 valence electrons. The molecule has 0 spiro atoms. The van der Waals surface area contributed by atoms with Crippen LogP contribution in [0.3, 0.4) is 0 Å². The van der Waals surface area contributed by atoms with Crippen molar-refractivity contribution in [3.05, 3.63) is 34.9 Å². The van der Waals surface area contributed by atoms with Gasteiger partial charge < -0.3 is 19.7 Å². The van der Waals surface area contributed by atoms with Crippen molar-refractivity contribution in [2.24, 2.45) is 5.92 Å². The maximum atomic E-state index is 12.3. The summed E-state index contributed by atoms with van der Waals surface area (Å²) < 4.78 is 11.1. The first-order valence-corrected chi connectivity index (χ1v) is 9.56. The molecule has 1 aromatic rings. The van der Waals surface area contributed by atoms with E-state index in [2.05, 4.69) is 5.32 Å². The number of carbonyl (C=O) groups is 2. The van der Waals surface area contributed by atoms with Crippen LogP contribution in [-0.2, 0) is 14.3 Å². The van der Waals surface area contributed by atoms with E-state index in [1.54, 1.807) is 24.3 Å². The highest BCUT2D eigenvalue weighted by Crippen LogP contribution is 2.26. The Bertz CT molecular complexity index is 608. The minimum absolute atomic E-state index is 0.0877. The number of rotatable bonds is 6. The molecule has 2 heterocycles. The zero-order valence-electron chi connectivity index (χ0n) is 14.8. The summed E-state index contributed by atoms with van der Waals surface area (Å²) in [6.45, 7) is 3.33. The summed E-state index contributed by atoms with van der Waals surface area (Å²) in [4.78, 5) is 26.2. The van der Waals surface area contributed by atoms with Crippen molar-refractivity contribution in [3.63, 3.8) is 0 Å². The number of amides is 2. The molecule has 0 unspecified atom stereocenters. The molecule has 1 aromatic carbocycles. The molecule has 3 rings (SSSR count). The molecule has 6 nitrogen and oxygen atoms in total. The summed E-state index contributed by atoms with van der Waals surface area (Å²) in [7, 11) is 0. The summed E-state index contributed by atoms with van der Waals surface area (Å²) in [5.41, 5.74) is 0.569. The summed E-state index contributed by atoms with van der Waals surface area (Å²) in [5.74, 6) is 0.393. The van der Waals surface area contributed by atoms with E-state index in [1.807, 2.05) is 4.90 Å². The van der Waals surface area contributed by atoms with Crippen molar-refractivity contribution >= 4 is 23.4 Å². The van der Waals surface area contributed by atoms with Crippen LogP contribution in [0.2, 0.25) is 5.02 Å². The molecular formula is C19H25ClN2O4. The molecule has 0 radical (unpaired) electrons. The Labute approximate surface area is 158 Å². The molecule has 0 bridgehead atoms. The first-order chi connectivity index (χ1) is 12.6. The number of hydrogen-bond donors (Lipinski definition) is 1. The molecule has 26 heavy (non-hydrogen) atoms. The van der Waals surface area contributed by atoms with Gasteiger partial charge in [-0.1, -0.05) is 11.6 Å². The number of benzene rings is 1. The third-order valence-corrected chi connectivity index (χ3v) is 5.14. The van der Waals surface area contributed by atoms with E-state index < -0.39 is 0 Å². The predicted molar refractivity (Wildman–Crippen MR) is 98.0 cm³/mol. The lowest BCUT2D eigenvalue weighted by Crippen LogP contribution is -2.41. The van der Waals surface area contributed by atoms with E-state index in [-0.39, 0.29) is 18.1 Å². The summed E-state index contributed by atoms with van der Waals surface area (Å²) in [6, 6.07) is 6.74. The topological polar surface area (TPSA) is 67.9 Å². The Morgan fingerprint density at radius 3 is 2.42 bits per heavy atom. The average molecular weight is 381 g/mol. The third-order valence-electron chi connectivity index (χ3n) is 4.88. The van der Waals surface area contributed by atoms with Gasteiger partial charge >= 0.3 is 0 Å². The SMILES string of the molecule is O=C(NCCCC(=O)N1CCC(C2OCCO2)CC1)c1ccc(Cl)cc1. The fourth-order valence-corrected chi connectivity index (χ4v) is 3.50. The van der Waals surface area contributed by atoms with E-state index in [0.29, 0.717) is 49.1 Å². The van der Waals surface area contributed by atoms with Gasteiger partial charge in [-0.2, -0.15) is 0 Å². The molecule has 2 saturated heterocycles. The number of halogens is 1. The molecule has 0 atom stereocenters. The van der Waals surface area contributed by atoms with Crippen LogP contribution in [0.25, 0.3) is 0 Å². The Hall–Kier alpha value is -1.63. The highest BCUT2D eigenvalue weighted by Gasteiger charge is 2.31. The zero-order chi connectivity index (χ0) is 18.4. The van der Waals surface area contributed by atoms with Gasteiger partial charge in [-0.05, 0) is 43.5 Å². The Balaban J connectivity index is 1.32. The first kappa shape index (κ1) is 19.1. The molecular weight excluding hydrogens is 356 g/mol. The van der Waals surface area contributed by atoms with E-state index >= 15 is 0 Å². The van der Waals surface area contributed by atoms with Crippen LogP contribution in [-0.4, -0.2) is 55.9 Å². The maximum absolute atomic E-state index is 12.3. The van der Waals surface area contributed by atoms with Gasteiger partial charge in [-0.3, -0.25) is 9.59 Å². The normalized spacial score (nSPS) is 18.9. The van der Waals surface area contributed by atoms with Crippen LogP contribution in [0.4, 0.5) is 0 Å². The smallest absolute Gasteiger partial charge is 0.251 e. The lowest BCUT2D eigenvalue weighted by molar-refractivity contribution is -0.136. The Kier molecular flexibility index (Phi) is 6.88. The predicted octanol–water partition coefficient (Wildman–Crippen LogP) is 2.46. The molecule has 2 fully saturated rings. The van der Waals surface area contributed by atoms with E-state index in [0.717, 1.165) is 25.9 Å². The molecule has 2 aliphatic heterocycles. The Morgan fingerprint density at radius 2 is 1.77 bits per heavy atom. The molecule has 0 aromatic heterocycles. The number of nitrogens with one attached hydrogen (secondary N) is 1. The van der Waals surface area contributed by atoms with Crippen LogP contribution >= 0.6 is 11.6 Å². The number of carbonyl (C=O) groups excluding carboxylic acids is 2. The maximum Gasteiger partial charge on any atom is 0.251 e. The van der Waals surface area contributed by atoms with Crippen LogP contribution < -0.4 is 5.32 Å². The fraction of sp³-hybridized carbons (Fsp3) is 0.579. The number of nitrogens with zero attached hydrogens (tertiary/aromatic N) is 1. The molecule has 1 N–H and O–H groups in total. The van der Waals surface area contributed by atoms with Gasteiger partial charge in [0.15, 0.2) is 6.29 Å². The van der Waals surface area contributed by atoms with Crippen molar-refractivity contribution in [2.45, 2.75) is 32.0 Å². The quantitative estimate of drug-likeness (QED) is 0.770. The van der Waals surface area contributed by atoms with Gasteiger partial charge in [0.25, 0.3) is 5.91 Å². The highest BCUT2D eigenvalue weighted by molar-refractivity contribution is 6.30. The fourth-order valence-electron chi connectivity index (χ4n) is 3.37. The van der Waals surface area contributed by atoms with Crippen molar-refractivity contribution in [1.29, 1.82) is 0 Å². The number of hydrogen-bond acceptors (Lipinski definition) is 4. The van der Waals surface area contributed by atoms with Gasteiger partial charge in [-0.15, -0.1) is 0 Å². The number of piperidine rings is 1. The van der Waals surface area contributed by atoms with E-state index in [1.165, 1.54) is 0 Å². The molecule has 2 aliphatic rings. The van der Waals surface area contributed by atoms with E-state index in [9.17, 15) is 9.59 Å². The van der Waals surface area contributed by atoms with Crippen molar-refractivity contribution in [3.8, 4) is 0 Å². The number of ether oxygens (including phenoxy) is 2. The second kappa shape index (κ2) is 9.35. The molecule has 0 saturated carbocycles. The Morgan fingerprint density at radius 1 is 1.12 bits per heavy atom. The van der Waals surface area contributed by atoms with Crippen molar-refractivity contribution < 1.29 is 19.1 Å². The molecule has 2 amide bonds. The lowest BCUT2D eigenvalue weighted by Gasteiger charge is -2.34. The summed E-state index contributed by atoms with van der Waals surface area (Å²) in [5, 5.41) is 3.43. The van der Waals surface area contributed by atoms with Crippen molar-refractivity contribution in [1.82, 2.24) is 10.2 Å². The third kappa shape index (κ3) is 5.19. The standard InChI is InChI=1S/C19H25ClN2O4/c20-16-5-3-14(4-6-16)18(24)21-9-1-2-17(23)22-10-7-15(8-11-22)19-25-12-13-26-19/h3-6,15,19H,1-2,7-13H2,(H,21,24). The van der Waals surface area contributed by atoms with Gasteiger partial charge in [0.05, 0.1) is 13.2 Å². The minimum Gasteiger partial charge on any atom is -0.352 e. The highest BCUT2D eigenvalue weighted by atomic mass is 35.5. The van der Waals surface area contributed by atoms with Gasteiger partial charge in [0.1, 0.15) is 0 Å². The van der Waals surface area contributed by atoms with Crippen LogP contribution in [0.15, 0.2) is 24.3 Å². The molecule has 7 heteroatoms.